The number of benzene rings is 1. The summed E-state index contributed by atoms with van der Waals surface area (Å²) >= 11 is 3.35. The van der Waals surface area contributed by atoms with Crippen LogP contribution in [0.5, 0.6) is 0 Å². The van der Waals surface area contributed by atoms with E-state index in [2.05, 4.69) is 21.2 Å². The molecular formula is C15H19BrN2O3. The highest BCUT2D eigenvalue weighted by Gasteiger charge is 2.36. The highest BCUT2D eigenvalue weighted by atomic mass is 79.9. The molecule has 1 aromatic rings. The fourth-order valence-electron chi connectivity index (χ4n) is 2.59. The van der Waals surface area contributed by atoms with Crippen molar-refractivity contribution in [2.24, 2.45) is 11.8 Å². The van der Waals surface area contributed by atoms with Crippen LogP contribution >= 0.6 is 15.9 Å². The van der Waals surface area contributed by atoms with Crippen molar-refractivity contribution in [1.82, 2.24) is 4.90 Å². The topological polar surface area (TPSA) is 58.6 Å². The lowest BCUT2D eigenvalue weighted by Crippen LogP contribution is -2.32. The first-order valence-electron chi connectivity index (χ1n) is 6.85. The van der Waals surface area contributed by atoms with Crippen molar-refractivity contribution in [3.63, 3.8) is 0 Å². The fraction of sp³-hybridized carbons (Fsp3) is 0.467. The highest BCUT2D eigenvalue weighted by Crippen LogP contribution is 2.23. The van der Waals surface area contributed by atoms with Crippen LogP contribution in [0.1, 0.15) is 6.92 Å². The minimum absolute atomic E-state index is 0.0740. The molecule has 1 aromatic carbocycles. The van der Waals surface area contributed by atoms with Crippen LogP contribution < -0.4 is 5.32 Å². The third-order valence-corrected chi connectivity index (χ3v) is 4.22. The van der Waals surface area contributed by atoms with Crippen molar-refractivity contribution < 1.29 is 14.3 Å². The number of amides is 1. The first-order chi connectivity index (χ1) is 9.99. The molecule has 1 aliphatic heterocycles. The quantitative estimate of drug-likeness (QED) is 0.841. The van der Waals surface area contributed by atoms with E-state index in [-0.39, 0.29) is 30.3 Å². The number of rotatable bonds is 4. The molecule has 1 fully saturated rings. The van der Waals surface area contributed by atoms with E-state index < -0.39 is 0 Å². The number of nitrogens with one attached hydrogen (secondary N) is 1. The van der Waals surface area contributed by atoms with E-state index in [4.69, 9.17) is 4.74 Å². The first kappa shape index (κ1) is 16.0. The molecule has 1 saturated heterocycles. The summed E-state index contributed by atoms with van der Waals surface area (Å²) in [6.07, 6.45) is 0. The molecule has 1 amide bonds. The second kappa shape index (κ2) is 7.04. The van der Waals surface area contributed by atoms with Gasteiger partial charge in [-0.05, 0) is 30.2 Å². The number of hydrogen-bond acceptors (Lipinski definition) is 4. The molecule has 5 nitrogen and oxygen atoms in total. The molecule has 21 heavy (non-hydrogen) atoms. The van der Waals surface area contributed by atoms with Gasteiger partial charge < -0.3 is 10.1 Å². The molecule has 1 N–H and O–H groups in total. The van der Waals surface area contributed by atoms with Gasteiger partial charge in [-0.3, -0.25) is 14.5 Å². The highest BCUT2D eigenvalue weighted by molar-refractivity contribution is 9.10. The van der Waals surface area contributed by atoms with Crippen LogP contribution in [0.3, 0.4) is 0 Å². The molecule has 6 heteroatoms. The van der Waals surface area contributed by atoms with Crippen LogP contribution in [0, 0.1) is 11.8 Å². The number of anilines is 1. The van der Waals surface area contributed by atoms with Crippen LogP contribution in [0.15, 0.2) is 28.7 Å². The van der Waals surface area contributed by atoms with Gasteiger partial charge in [-0.1, -0.05) is 22.9 Å². The average molecular weight is 355 g/mol. The number of likely N-dealkylation sites (tertiary alicyclic amines) is 1. The van der Waals surface area contributed by atoms with Crippen molar-refractivity contribution in [3.05, 3.63) is 28.7 Å². The minimum Gasteiger partial charge on any atom is -0.469 e. The maximum Gasteiger partial charge on any atom is 0.310 e. The predicted octanol–water partition coefficient (Wildman–Crippen LogP) is 2.13. The number of halogens is 1. The summed E-state index contributed by atoms with van der Waals surface area (Å²) in [6.45, 7) is 3.59. The van der Waals surface area contributed by atoms with E-state index in [1.165, 1.54) is 7.11 Å². The SMILES string of the molecule is COC(=O)C1CN(CC(=O)Nc2ccc(Br)cc2)CC1C. The van der Waals surface area contributed by atoms with E-state index in [0.717, 1.165) is 16.7 Å². The van der Waals surface area contributed by atoms with E-state index in [0.29, 0.717) is 6.54 Å². The molecule has 0 aromatic heterocycles. The van der Waals surface area contributed by atoms with Crippen molar-refractivity contribution >= 4 is 33.5 Å². The number of esters is 1. The van der Waals surface area contributed by atoms with Gasteiger partial charge in [-0.2, -0.15) is 0 Å². The zero-order valence-corrected chi connectivity index (χ0v) is 13.7. The summed E-state index contributed by atoms with van der Waals surface area (Å²) in [5.74, 6) is -0.207. The van der Waals surface area contributed by atoms with E-state index in [1.807, 2.05) is 36.1 Å². The largest absolute Gasteiger partial charge is 0.469 e. The Balaban J connectivity index is 1.86. The molecule has 114 valence electrons. The van der Waals surface area contributed by atoms with Crippen molar-refractivity contribution in [1.29, 1.82) is 0 Å². The van der Waals surface area contributed by atoms with Gasteiger partial charge in [0, 0.05) is 23.2 Å². The molecule has 1 heterocycles. The average Bonchev–Trinajstić information content (AvgIpc) is 2.81. The Labute approximate surface area is 132 Å². The summed E-state index contributed by atoms with van der Waals surface area (Å²) < 4.78 is 5.76. The van der Waals surface area contributed by atoms with Crippen LogP contribution in [0.4, 0.5) is 5.69 Å². The zero-order chi connectivity index (χ0) is 15.4. The third kappa shape index (κ3) is 4.28. The smallest absolute Gasteiger partial charge is 0.310 e. The normalized spacial score (nSPS) is 22.0. The van der Waals surface area contributed by atoms with Gasteiger partial charge in [0.15, 0.2) is 0 Å². The van der Waals surface area contributed by atoms with Crippen LogP contribution in [-0.2, 0) is 14.3 Å². The monoisotopic (exact) mass is 354 g/mol. The first-order valence-corrected chi connectivity index (χ1v) is 7.64. The van der Waals surface area contributed by atoms with E-state index in [1.54, 1.807) is 0 Å². The number of ether oxygens (including phenoxy) is 1. The minimum atomic E-state index is -0.196. The van der Waals surface area contributed by atoms with Gasteiger partial charge in [0.05, 0.1) is 19.6 Å². The van der Waals surface area contributed by atoms with E-state index >= 15 is 0 Å². The molecule has 2 atom stereocenters. The molecule has 0 radical (unpaired) electrons. The Hall–Kier alpha value is -1.40. The Morgan fingerprint density at radius 3 is 2.62 bits per heavy atom. The zero-order valence-electron chi connectivity index (χ0n) is 12.1. The Morgan fingerprint density at radius 1 is 1.33 bits per heavy atom. The second-order valence-corrected chi connectivity index (χ2v) is 6.27. The lowest BCUT2D eigenvalue weighted by Gasteiger charge is -2.15. The molecule has 1 aliphatic rings. The van der Waals surface area contributed by atoms with Gasteiger partial charge in [0.1, 0.15) is 0 Å². The standard InChI is InChI=1S/C15H19BrN2O3/c1-10-7-18(8-13(10)15(20)21-2)9-14(19)17-12-5-3-11(16)4-6-12/h3-6,10,13H,7-9H2,1-2H3,(H,17,19). The Kier molecular flexibility index (Phi) is 5.36. The van der Waals surface area contributed by atoms with Gasteiger partial charge in [-0.15, -0.1) is 0 Å². The lowest BCUT2D eigenvalue weighted by molar-refractivity contribution is -0.146. The van der Waals surface area contributed by atoms with Gasteiger partial charge in [0.2, 0.25) is 5.91 Å². The molecule has 0 saturated carbocycles. The second-order valence-electron chi connectivity index (χ2n) is 5.36. The maximum absolute atomic E-state index is 12.0. The van der Waals surface area contributed by atoms with Crippen molar-refractivity contribution in [3.8, 4) is 0 Å². The summed E-state index contributed by atoms with van der Waals surface area (Å²) in [7, 11) is 1.40. The van der Waals surface area contributed by atoms with Gasteiger partial charge >= 0.3 is 5.97 Å². The molecular weight excluding hydrogens is 336 g/mol. The van der Waals surface area contributed by atoms with Crippen LogP contribution in [0.2, 0.25) is 0 Å². The summed E-state index contributed by atoms with van der Waals surface area (Å²) in [4.78, 5) is 25.6. The summed E-state index contributed by atoms with van der Waals surface area (Å²) in [5.41, 5.74) is 0.764. The Bertz CT molecular complexity index is 518. The fourth-order valence-corrected chi connectivity index (χ4v) is 2.86. The van der Waals surface area contributed by atoms with Crippen molar-refractivity contribution in [2.45, 2.75) is 6.92 Å². The van der Waals surface area contributed by atoms with Crippen LogP contribution in [-0.4, -0.2) is 43.5 Å². The van der Waals surface area contributed by atoms with Gasteiger partial charge in [0.25, 0.3) is 0 Å². The van der Waals surface area contributed by atoms with Crippen LogP contribution in [0.25, 0.3) is 0 Å². The molecule has 0 bridgehead atoms. The van der Waals surface area contributed by atoms with E-state index in [9.17, 15) is 9.59 Å². The third-order valence-electron chi connectivity index (χ3n) is 3.69. The number of methoxy groups -OCH3 is 1. The summed E-state index contributed by atoms with van der Waals surface area (Å²) in [5, 5.41) is 2.85. The summed E-state index contributed by atoms with van der Waals surface area (Å²) in [6, 6.07) is 7.43. The molecule has 2 rings (SSSR count). The molecule has 2 unspecified atom stereocenters. The van der Waals surface area contributed by atoms with Gasteiger partial charge in [-0.25, -0.2) is 0 Å². The molecule has 0 aliphatic carbocycles. The van der Waals surface area contributed by atoms with Crippen molar-refractivity contribution in [2.75, 3.05) is 32.1 Å². The lowest BCUT2D eigenvalue weighted by atomic mass is 9.99. The number of carbonyl (C=O) groups excluding carboxylic acids is 2. The number of carbonyl (C=O) groups is 2. The number of nitrogens with zero attached hydrogens (tertiary/aromatic N) is 1. The maximum atomic E-state index is 12.0. The predicted molar refractivity (Wildman–Crippen MR) is 83.9 cm³/mol. The molecule has 0 spiro atoms. The number of hydrogen-bond donors (Lipinski definition) is 1. The Morgan fingerprint density at radius 2 is 2.00 bits per heavy atom.